The lowest BCUT2D eigenvalue weighted by atomic mass is 10.1. The van der Waals surface area contributed by atoms with Crippen molar-refractivity contribution in [2.24, 2.45) is 0 Å². The van der Waals surface area contributed by atoms with Crippen molar-refractivity contribution in [1.29, 1.82) is 0 Å². The first-order valence-electron chi connectivity index (χ1n) is 10.5. The zero-order chi connectivity index (χ0) is 23.5. The van der Waals surface area contributed by atoms with Crippen molar-refractivity contribution >= 4 is 18.0 Å². The van der Waals surface area contributed by atoms with Crippen LogP contribution in [0.3, 0.4) is 0 Å². The largest absolute Gasteiger partial charge is 0.513 e. The number of aryl methyl sites for hydroxylation is 2. The summed E-state index contributed by atoms with van der Waals surface area (Å²) < 4.78 is 15.3. The molecule has 2 N–H and O–H groups in total. The Morgan fingerprint density at radius 1 is 0.875 bits per heavy atom. The van der Waals surface area contributed by atoms with Gasteiger partial charge in [0.05, 0.1) is 6.61 Å². The second-order valence-corrected chi connectivity index (χ2v) is 7.21. The molecule has 0 saturated heterocycles. The van der Waals surface area contributed by atoms with E-state index >= 15 is 0 Å². The molecule has 8 nitrogen and oxygen atoms in total. The molecule has 0 radical (unpaired) electrons. The van der Waals surface area contributed by atoms with E-state index in [0.29, 0.717) is 30.8 Å². The van der Waals surface area contributed by atoms with Crippen molar-refractivity contribution in [3.63, 3.8) is 0 Å². The molecule has 0 heterocycles. The van der Waals surface area contributed by atoms with E-state index in [9.17, 15) is 14.4 Å². The lowest BCUT2D eigenvalue weighted by Crippen LogP contribution is -2.32. The fourth-order valence-electron chi connectivity index (χ4n) is 2.87. The van der Waals surface area contributed by atoms with Gasteiger partial charge in [0.25, 0.3) is 11.8 Å². The summed E-state index contributed by atoms with van der Waals surface area (Å²) >= 11 is 0. The van der Waals surface area contributed by atoms with Crippen LogP contribution in [0, 0.1) is 20.8 Å². The molecule has 2 aromatic rings. The predicted octanol–water partition coefficient (Wildman–Crippen LogP) is 3.46. The number of nitrogens with one attached hydrogen (secondary N) is 2. The molecule has 0 unspecified atom stereocenters. The minimum atomic E-state index is -0.790. The fourth-order valence-corrected chi connectivity index (χ4v) is 2.87. The Balaban J connectivity index is 1.66. The van der Waals surface area contributed by atoms with E-state index in [2.05, 4.69) is 10.6 Å². The van der Waals surface area contributed by atoms with Gasteiger partial charge in [0, 0.05) is 18.7 Å². The van der Waals surface area contributed by atoms with Crippen molar-refractivity contribution in [1.82, 2.24) is 10.6 Å². The molecular formula is C24H30N2O6. The predicted molar refractivity (Wildman–Crippen MR) is 120 cm³/mol. The van der Waals surface area contributed by atoms with E-state index in [1.165, 1.54) is 12.1 Å². The molecule has 0 bridgehead atoms. The summed E-state index contributed by atoms with van der Waals surface area (Å²) in [6.45, 7) is 8.58. The molecule has 0 aliphatic carbocycles. The number of rotatable bonds is 10. The molecule has 0 saturated carbocycles. The topological polar surface area (TPSA) is 103 Å². The van der Waals surface area contributed by atoms with Gasteiger partial charge in [0.1, 0.15) is 11.5 Å². The molecule has 172 valence electrons. The van der Waals surface area contributed by atoms with Crippen LogP contribution in [0.4, 0.5) is 4.79 Å². The van der Waals surface area contributed by atoms with Crippen LogP contribution in [0.25, 0.3) is 0 Å². The third-order valence-electron chi connectivity index (χ3n) is 4.76. The summed E-state index contributed by atoms with van der Waals surface area (Å²) in [5, 5.41) is 5.56. The molecule has 2 amide bonds. The van der Waals surface area contributed by atoms with E-state index in [1.807, 2.05) is 32.9 Å². The van der Waals surface area contributed by atoms with Gasteiger partial charge in [-0.3, -0.25) is 9.59 Å². The highest BCUT2D eigenvalue weighted by atomic mass is 16.7. The van der Waals surface area contributed by atoms with Crippen LogP contribution in [0.5, 0.6) is 11.5 Å². The van der Waals surface area contributed by atoms with E-state index in [4.69, 9.17) is 14.2 Å². The van der Waals surface area contributed by atoms with Crippen molar-refractivity contribution < 1.29 is 28.6 Å². The van der Waals surface area contributed by atoms with Gasteiger partial charge in [-0.15, -0.1) is 0 Å². The Morgan fingerprint density at radius 3 is 2.22 bits per heavy atom. The van der Waals surface area contributed by atoms with Crippen LogP contribution in [0.2, 0.25) is 0 Å². The number of hydrogen-bond acceptors (Lipinski definition) is 6. The van der Waals surface area contributed by atoms with E-state index in [-0.39, 0.29) is 25.0 Å². The van der Waals surface area contributed by atoms with Crippen LogP contribution in [0.1, 0.15) is 40.4 Å². The Morgan fingerprint density at radius 2 is 1.53 bits per heavy atom. The van der Waals surface area contributed by atoms with E-state index < -0.39 is 6.16 Å². The standard InChI is InChI=1S/C24H30N2O6/c1-5-30-24(29)32-20-11-9-19(10-12-20)23(28)26-14-6-13-25-21(27)15-31-22-17(3)8-7-16(2)18(22)4/h7-12H,5-6,13-15H2,1-4H3,(H,25,27)(H,26,28). The summed E-state index contributed by atoms with van der Waals surface area (Å²) in [5.74, 6) is 0.564. The second-order valence-electron chi connectivity index (χ2n) is 7.21. The molecule has 0 spiro atoms. The Hall–Kier alpha value is -3.55. The molecule has 0 aromatic heterocycles. The quantitative estimate of drug-likeness (QED) is 0.332. The van der Waals surface area contributed by atoms with Gasteiger partial charge >= 0.3 is 6.16 Å². The van der Waals surface area contributed by atoms with Gasteiger partial charge in [-0.2, -0.15) is 0 Å². The van der Waals surface area contributed by atoms with Crippen LogP contribution in [-0.4, -0.2) is 44.3 Å². The molecule has 0 aliphatic heterocycles. The minimum absolute atomic E-state index is 0.0578. The molecule has 0 fully saturated rings. The maximum atomic E-state index is 12.2. The van der Waals surface area contributed by atoms with E-state index in [0.717, 1.165) is 22.4 Å². The van der Waals surface area contributed by atoms with Gasteiger partial charge in [-0.05, 0) is 75.1 Å². The van der Waals surface area contributed by atoms with Gasteiger partial charge in [0.2, 0.25) is 0 Å². The highest BCUT2D eigenvalue weighted by Gasteiger charge is 2.10. The Kier molecular flexibility index (Phi) is 9.53. The van der Waals surface area contributed by atoms with E-state index in [1.54, 1.807) is 19.1 Å². The average Bonchev–Trinajstić information content (AvgIpc) is 2.76. The molecule has 8 heteroatoms. The van der Waals surface area contributed by atoms with Crippen LogP contribution in [0.15, 0.2) is 36.4 Å². The summed E-state index contributed by atoms with van der Waals surface area (Å²) in [6, 6.07) is 10.1. The van der Waals surface area contributed by atoms with Crippen LogP contribution >= 0.6 is 0 Å². The monoisotopic (exact) mass is 442 g/mol. The van der Waals surface area contributed by atoms with Crippen LogP contribution in [-0.2, 0) is 9.53 Å². The molecular weight excluding hydrogens is 412 g/mol. The fraction of sp³-hybridized carbons (Fsp3) is 0.375. The SMILES string of the molecule is CCOC(=O)Oc1ccc(C(=O)NCCCNC(=O)COc2c(C)ccc(C)c2C)cc1. The first-order chi connectivity index (χ1) is 15.3. The molecule has 0 atom stereocenters. The summed E-state index contributed by atoms with van der Waals surface area (Å²) in [4.78, 5) is 35.5. The normalized spacial score (nSPS) is 10.2. The zero-order valence-electron chi connectivity index (χ0n) is 18.9. The van der Waals surface area contributed by atoms with Gasteiger partial charge in [0.15, 0.2) is 6.61 Å². The number of carbonyl (C=O) groups excluding carboxylic acids is 3. The molecule has 32 heavy (non-hydrogen) atoms. The van der Waals surface area contributed by atoms with Crippen molar-refractivity contribution in [3.05, 3.63) is 58.7 Å². The third kappa shape index (κ3) is 7.61. The maximum Gasteiger partial charge on any atom is 0.513 e. The van der Waals surface area contributed by atoms with Crippen molar-refractivity contribution in [2.75, 3.05) is 26.3 Å². The van der Waals surface area contributed by atoms with Crippen molar-refractivity contribution in [2.45, 2.75) is 34.1 Å². The lowest BCUT2D eigenvalue weighted by molar-refractivity contribution is -0.123. The lowest BCUT2D eigenvalue weighted by Gasteiger charge is -2.14. The first kappa shape index (κ1) is 24.7. The average molecular weight is 443 g/mol. The summed E-state index contributed by atoms with van der Waals surface area (Å²) in [6.07, 6.45) is -0.217. The highest BCUT2D eigenvalue weighted by Crippen LogP contribution is 2.25. The Labute approximate surface area is 188 Å². The van der Waals surface area contributed by atoms with Gasteiger partial charge < -0.3 is 24.8 Å². The van der Waals surface area contributed by atoms with Gasteiger partial charge in [-0.25, -0.2) is 4.79 Å². The molecule has 2 rings (SSSR count). The smallest absolute Gasteiger partial charge is 0.483 e. The Bertz CT molecular complexity index is 940. The van der Waals surface area contributed by atoms with Crippen LogP contribution < -0.4 is 20.1 Å². The number of amides is 2. The zero-order valence-corrected chi connectivity index (χ0v) is 18.9. The summed E-state index contributed by atoms with van der Waals surface area (Å²) in [7, 11) is 0. The van der Waals surface area contributed by atoms with Gasteiger partial charge in [-0.1, -0.05) is 12.1 Å². The maximum absolute atomic E-state index is 12.2. The van der Waals surface area contributed by atoms with Crippen molar-refractivity contribution in [3.8, 4) is 11.5 Å². The number of benzene rings is 2. The third-order valence-corrected chi connectivity index (χ3v) is 4.76. The molecule has 2 aromatic carbocycles. The summed E-state index contributed by atoms with van der Waals surface area (Å²) in [5.41, 5.74) is 3.57. The number of carbonyl (C=O) groups is 3. The first-order valence-corrected chi connectivity index (χ1v) is 10.5. The molecule has 0 aliphatic rings. The number of hydrogen-bond donors (Lipinski definition) is 2. The number of ether oxygens (including phenoxy) is 3. The minimum Gasteiger partial charge on any atom is -0.483 e. The second kappa shape index (κ2) is 12.3. The highest BCUT2D eigenvalue weighted by molar-refractivity contribution is 5.94.